The van der Waals surface area contributed by atoms with Crippen molar-refractivity contribution in [3.63, 3.8) is 0 Å². The van der Waals surface area contributed by atoms with Crippen molar-refractivity contribution in [3.8, 4) is 0 Å². The first kappa shape index (κ1) is 14.9. The second-order valence-corrected chi connectivity index (χ2v) is 7.60. The Kier molecular flexibility index (Phi) is 3.60. The Bertz CT molecular complexity index is 761. The van der Waals surface area contributed by atoms with Gasteiger partial charge in [0.15, 0.2) is 0 Å². The maximum atomic E-state index is 12.6. The minimum atomic E-state index is -3.44. The van der Waals surface area contributed by atoms with Crippen LogP contribution in [0.3, 0.4) is 0 Å². The standard InChI is InChI=1S/C17H20N2O2S/c1-4-6-14(5-2)15-9-10-16-17(11-15)18(3)22(20,21)19(16)12-13-7-8-13/h4-6,9-11,13H,1-2,7-8,12H2,3H3. The molecule has 0 atom stereocenters. The molecule has 0 amide bonds. The smallest absolute Gasteiger partial charge is 0.254 e. The average molecular weight is 316 g/mol. The summed E-state index contributed by atoms with van der Waals surface area (Å²) in [5.41, 5.74) is 3.34. The highest BCUT2D eigenvalue weighted by Gasteiger charge is 2.40. The van der Waals surface area contributed by atoms with E-state index in [0.29, 0.717) is 12.5 Å². The van der Waals surface area contributed by atoms with Gasteiger partial charge in [-0.3, -0.25) is 8.61 Å². The Morgan fingerprint density at radius 2 is 2.05 bits per heavy atom. The van der Waals surface area contributed by atoms with Gasteiger partial charge in [-0.05, 0) is 42.0 Å². The van der Waals surface area contributed by atoms with E-state index in [9.17, 15) is 8.42 Å². The fraction of sp³-hybridized carbons (Fsp3) is 0.294. The summed E-state index contributed by atoms with van der Waals surface area (Å²) in [6.45, 7) is 8.08. The van der Waals surface area contributed by atoms with Gasteiger partial charge < -0.3 is 0 Å². The van der Waals surface area contributed by atoms with Gasteiger partial charge in [-0.1, -0.05) is 37.5 Å². The molecule has 0 aromatic heterocycles. The molecule has 1 heterocycles. The van der Waals surface area contributed by atoms with E-state index in [1.54, 1.807) is 19.2 Å². The lowest BCUT2D eigenvalue weighted by molar-refractivity contribution is 0.590. The summed E-state index contributed by atoms with van der Waals surface area (Å²) in [6, 6.07) is 5.72. The van der Waals surface area contributed by atoms with Crippen LogP contribution >= 0.6 is 0 Å². The third-order valence-corrected chi connectivity index (χ3v) is 5.97. The van der Waals surface area contributed by atoms with Crippen LogP contribution in [0.2, 0.25) is 0 Å². The van der Waals surface area contributed by atoms with Crippen molar-refractivity contribution in [1.82, 2.24) is 0 Å². The molecule has 0 bridgehead atoms. The highest BCUT2D eigenvalue weighted by Crippen LogP contribution is 2.44. The summed E-state index contributed by atoms with van der Waals surface area (Å²) in [6.07, 6.45) is 7.54. The minimum absolute atomic E-state index is 0.498. The van der Waals surface area contributed by atoms with Crippen molar-refractivity contribution in [2.24, 2.45) is 5.92 Å². The monoisotopic (exact) mass is 316 g/mol. The van der Waals surface area contributed by atoms with Gasteiger partial charge in [-0.2, -0.15) is 8.42 Å². The van der Waals surface area contributed by atoms with E-state index in [0.717, 1.165) is 35.4 Å². The molecule has 1 aromatic carbocycles. The summed E-state index contributed by atoms with van der Waals surface area (Å²) in [7, 11) is -1.83. The van der Waals surface area contributed by atoms with Gasteiger partial charge in [0, 0.05) is 13.6 Å². The SMILES string of the molecule is C=CC=C(C=C)c1ccc2c(c1)N(C)S(=O)(=O)N2CC1CC1. The van der Waals surface area contributed by atoms with E-state index >= 15 is 0 Å². The van der Waals surface area contributed by atoms with Crippen LogP contribution in [0.25, 0.3) is 5.57 Å². The Labute approximate surface area is 132 Å². The Morgan fingerprint density at radius 1 is 1.32 bits per heavy atom. The third kappa shape index (κ3) is 2.35. The molecule has 116 valence electrons. The lowest BCUT2D eigenvalue weighted by Crippen LogP contribution is -2.36. The molecule has 0 radical (unpaired) electrons. The zero-order valence-electron chi connectivity index (χ0n) is 12.7. The van der Waals surface area contributed by atoms with Crippen molar-refractivity contribution in [3.05, 3.63) is 55.1 Å². The maximum absolute atomic E-state index is 12.6. The fourth-order valence-electron chi connectivity index (χ4n) is 2.70. The number of fused-ring (bicyclic) bond motifs is 1. The van der Waals surface area contributed by atoms with E-state index in [1.807, 2.05) is 24.3 Å². The van der Waals surface area contributed by atoms with Crippen LogP contribution in [-0.4, -0.2) is 22.0 Å². The first-order valence-electron chi connectivity index (χ1n) is 7.35. The molecule has 1 aliphatic heterocycles. The molecule has 22 heavy (non-hydrogen) atoms. The van der Waals surface area contributed by atoms with Crippen LogP contribution < -0.4 is 8.61 Å². The van der Waals surface area contributed by atoms with Crippen LogP contribution in [-0.2, 0) is 10.2 Å². The first-order chi connectivity index (χ1) is 10.5. The van der Waals surface area contributed by atoms with Gasteiger partial charge in [0.25, 0.3) is 0 Å². The quantitative estimate of drug-likeness (QED) is 0.782. The largest absolute Gasteiger partial charge is 0.326 e. The number of rotatable bonds is 5. The summed E-state index contributed by atoms with van der Waals surface area (Å²) in [5, 5.41) is 0. The van der Waals surface area contributed by atoms with Gasteiger partial charge in [-0.15, -0.1) is 0 Å². The normalized spacial score (nSPS) is 20.0. The number of anilines is 2. The molecular formula is C17H20N2O2S. The zero-order chi connectivity index (χ0) is 15.9. The van der Waals surface area contributed by atoms with Gasteiger partial charge in [-0.25, -0.2) is 0 Å². The van der Waals surface area contributed by atoms with Gasteiger partial charge in [0.2, 0.25) is 0 Å². The Morgan fingerprint density at radius 3 is 2.64 bits per heavy atom. The molecule has 1 aromatic rings. The molecule has 0 spiro atoms. The first-order valence-corrected chi connectivity index (χ1v) is 8.75. The number of benzene rings is 1. The summed E-state index contributed by atoms with van der Waals surface area (Å²) < 4.78 is 28.1. The van der Waals surface area contributed by atoms with Crippen LogP contribution in [0.1, 0.15) is 18.4 Å². The molecule has 5 heteroatoms. The summed E-state index contributed by atoms with van der Waals surface area (Å²) >= 11 is 0. The predicted octanol–water partition coefficient (Wildman–Crippen LogP) is 3.35. The topological polar surface area (TPSA) is 40.6 Å². The van der Waals surface area contributed by atoms with E-state index in [4.69, 9.17) is 0 Å². The number of hydrogen-bond acceptors (Lipinski definition) is 2. The van der Waals surface area contributed by atoms with E-state index in [1.165, 1.54) is 8.61 Å². The fourth-order valence-corrected chi connectivity index (χ4v) is 4.19. The third-order valence-electron chi connectivity index (χ3n) is 4.18. The highest BCUT2D eigenvalue weighted by molar-refractivity contribution is 7.94. The highest BCUT2D eigenvalue weighted by atomic mass is 32.2. The molecule has 0 saturated heterocycles. The Hall–Kier alpha value is -2.01. The second kappa shape index (κ2) is 5.32. The molecule has 2 aliphatic rings. The van der Waals surface area contributed by atoms with Crippen molar-refractivity contribution in [2.45, 2.75) is 12.8 Å². The van der Waals surface area contributed by atoms with Crippen molar-refractivity contribution in [2.75, 3.05) is 22.2 Å². The number of hydrogen-bond donors (Lipinski definition) is 0. The minimum Gasteiger partial charge on any atom is -0.254 e. The molecule has 1 fully saturated rings. The van der Waals surface area contributed by atoms with Gasteiger partial charge >= 0.3 is 10.2 Å². The second-order valence-electron chi connectivity index (χ2n) is 5.72. The summed E-state index contributed by atoms with van der Waals surface area (Å²) in [5.74, 6) is 0.498. The molecule has 1 saturated carbocycles. The van der Waals surface area contributed by atoms with Crippen molar-refractivity contribution >= 4 is 27.2 Å². The van der Waals surface area contributed by atoms with E-state index < -0.39 is 10.2 Å². The van der Waals surface area contributed by atoms with Crippen LogP contribution in [0.5, 0.6) is 0 Å². The van der Waals surface area contributed by atoms with Crippen LogP contribution in [0.4, 0.5) is 11.4 Å². The van der Waals surface area contributed by atoms with Crippen molar-refractivity contribution < 1.29 is 8.42 Å². The molecule has 4 nitrogen and oxygen atoms in total. The predicted molar refractivity (Wildman–Crippen MR) is 92.2 cm³/mol. The van der Waals surface area contributed by atoms with Crippen LogP contribution in [0.15, 0.2) is 49.6 Å². The zero-order valence-corrected chi connectivity index (χ0v) is 13.5. The average Bonchev–Trinajstić information content (AvgIpc) is 3.30. The van der Waals surface area contributed by atoms with Gasteiger partial charge in [0.1, 0.15) is 0 Å². The Balaban J connectivity index is 2.06. The maximum Gasteiger partial charge on any atom is 0.326 e. The molecule has 1 aliphatic carbocycles. The van der Waals surface area contributed by atoms with Gasteiger partial charge in [0.05, 0.1) is 11.4 Å². The lowest BCUT2D eigenvalue weighted by atomic mass is 10.0. The summed E-state index contributed by atoms with van der Waals surface area (Å²) in [4.78, 5) is 0. The molecule has 3 rings (SSSR count). The molecular weight excluding hydrogens is 296 g/mol. The van der Waals surface area contributed by atoms with Crippen LogP contribution in [0, 0.1) is 5.92 Å². The van der Waals surface area contributed by atoms with Crippen molar-refractivity contribution in [1.29, 1.82) is 0 Å². The molecule has 0 N–H and O–H groups in total. The van der Waals surface area contributed by atoms with E-state index in [2.05, 4.69) is 13.2 Å². The number of nitrogens with zero attached hydrogens (tertiary/aromatic N) is 2. The van der Waals surface area contributed by atoms with E-state index in [-0.39, 0.29) is 0 Å². The molecule has 0 unspecified atom stereocenters. The number of allylic oxidation sites excluding steroid dienone is 4. The lowest BCUT2D eigenvalue weighted by Gasteiger charge is -2.18.